The van der Waals surface area contributed by atoms with Crippen molar-refractivity contribution in [3.63, 3.8) is 0 Å². The van der Waals surface area contributed by atoms with E-state index in [1.54, 1.807) is 20.8 Å². The molecule has 5 nitrogen and oxygen atoms in total. The van der Waals surface area contributed by atoms with Gasteiger partial charge < -0.3 is 20.5 Å². The molecule has 1 aromatic rings. The van der Waals surface area contributed by atoms with Gasteiger partial charge in [0.25, 0.3) is 0 Å². The van der Waals surface area contributed by atoms with Crippen LogP contribution in [0.25, 0.3) is 0 Å². The molecule has 0 saturated carbocycles. The van der Waals surface area contributed by atoms with Gasteiger partial charge in [0.05, 0.1) is 5.02 Å². The molecule has 1 unspecified atom stereocenters. The first-order valence-corrected chi connectivity index (χ1v) is 6.93. The molecule has 0 radical (unpaired) electrons. The fourth-order valence-corrected chi connectivity index (χ4v) is 1.80. The number of alkyl carbamates (subject to hydrolysis) is 1. The van der Waals surface area contributed by atoms with Crippen molar-refractivity contribution in [2.24, 2.45) is 5.73 Å². The largest absolute Gasteiger partial charge is 0.444 e. The van der Waals surface area contributed by atoms with Crippen LogP contribution in [-0.4, -0.2) is 24.9 Å². The van der Waals surface area contributed by atoms with Gasteiger partial charge in [-0.2, -0.15) is 8.78 Å². The molecule has 124 valence electrons. The Balaban J connectivity index is 2.61. The lowest BCUT2D eigenvalue weighted by molar-refractivity contribution is -0.0498. The zero-order valence-corrected chi connectivity index (χ0v) is 13.3. The topological polar surface area (TPSA) is 73.6 Å². The molecule has 0 spiro atoms. The van der Waals surface area contributed by atoms with Crippen LogP contribution in [0.1, 0.15) is 32.4 Å². The minimum Gasteiger partial charge on any atom is -0.444 e. The van der Waals surface area contributed by atoms with Gasteiger partial charge in [-0.25, -0.2) is 4.79 Å². The van der Waals surface area contributed by atoms with Gasteiger partial charge in [0.2, 0.25) is 0 Å². The molecule has 1 atom stereocenters. The standard InChI is InChI=1S/C14H19ClF2N2O3/c1-14(2,3)22-13(20)19-7-10(18)8-4-5-11(9(15)6-8)21-12(16)17/h4-6,10,12H,7,18H2,1-3H3,(H,19,20). The molecule has 1 aromatic carbocycles. The van der Waals surface area contributed by atoms with Crippen molar-refractivity contribution in [3.8, 4) is 5.75 Å². The smallest absolute Gasteiger partial charge is 0.407 e. The van der Waals surface area contributed by atoms with Crippen molar-refractivity contribution in [3.05, 3.63) is 28.8 Å². The Morgan fingerprint density at radius 2 is 2.05 bits per heavy atom. The van der Waals surface area contributed by atoms with E-state index in [4.69, 9.17) is 22.1 Å². The Hall–Kier alpha value is -1.60. The Bertz CT molecular complexity index is 521. The molecule has 0 aliphatic heterocycles. The summed E-state index contributed by atoms with van der Waals surface area (Å²) >= 11 is 5.84. The summed E-state index contributed by atoms with van der Waals surface area (Å²) in [6.07, 6.45) is -0.591. The third-order valence-electron chi connectivity index (χ3n) is 2.47. The number of hydrogen-bond acceptors (Lipinski definition) is 4. The average Bonchev–Trinajstić information content (AvgIpc) is 2.36. The highest BCUT2D eigenvalue weighted by Gasteiger charge is 2.17. The van der Waals surface area contributed by atoms with E-state index in [1.807, 2.05) is 0 Å². The Morgan fingerprint density at radius 1 is 1.41 bits per heavy atom. The first-order chi connectivity index (χ1) is 10.1. The summed E-state index contributed by atoms with van der Waals surface area (Å²) in [7, 11) is 0. The van der Waals surface area contributed by atoms with Crippen LogP contribution in [0.2, 0.25) is 5.02 Å². The average molecular weight is 337 g/mol. The number of benzene rings is 1. The Kier molecular flexibility index (Phi) is 6.37. The van der Waals surface area contributed by atoms with Crippen LogP contribution < -0.4 is 15.8 Å². The molecule has 0 aromatic heterocycles. The SMILES string of the molecule is CC(C)(C)OC(=O)NCC(N)c1ccc(OC(F)F)c(Cl)c1. The van der Waals surface area contributed by atoms with Crippen LogP contribution in [0, 0.1) is 0 Å². The zero-order chi connectivity index (χ0) is 16.9. The van der Waals surface area contributed by atoms with E-state index in [0.717, 1.165) is 0 Å². The lowest BCUT2D eigenvalue weighted by Gasteiger charge is -2.21. The molecule has 3 N–H and O–H groups in total. The van der Waals surface area contributed by atoms with E-state index in [2.05, 4.69) is 10.1 Å². The summed E-state index contributed by atoms with van der Waals surface area (Å²) in [5.41, 5.74) is 5.88. The fraction of sp³-hybridized carbons (Fsp3) is 0.500. The molecule has 0 fully saturated rings. The maximum absolute atomic E-state index is 12.1. The molecule has 22 heavy (non-hydrogen) atoms. The van der Waals surface area contributed by atoms with E-state index in [0.29, 0.717) is 5.56 Å². The predicted octanol–water partition coefficient (Wildman–Crippen LogP) is 3.47. The maximum Gasteiger partial charge on any atom is 0.407 e. The molecule has 1 rings (SSSR count). The summed E-state index contributed by atoms with van der Waals surface area (Å²) in [4.78, 5) is 11.5. The first-order valence-electron chi connectivity index (χ1n) is 6.55. The summed E-state index contributed by atoms with van der Waals surface area (Å²) in [5.74, 6) is -0.132. The molecule has 0 aliphatic rings. The van der Waals surface area contributed by atoms with Crippen molar-refractivity contribution in [1.82, 2.24) is 5.32 Å². The number of alkyl halides is 2. The minimum absolute atomic E-state index is 0.0190. The van der Waals surface area contributed by atoms with E-state index >= 15 is 0 Å². The van der Waals surface area contributed by atoms with Crippen molar-refractivity contribution in [1.29, 1.82) is 0 Å². The summed E-state index contributed by atoms with van der Waals surface area (Å²) in [6, 6.07) is 3.66. The normalized spacial score (nSPS) is 12.9. The molecule has 0 heterocycles. The number of carbonyl (C=O) groups excluding carboxylic acids is 1. The summed E-state index contributed by atoms with van der Waals surface area (Å²) in [5, 5.41) is 2.54. The number of carbonyl (C=O) groups is 1. The molecule has 1 amide bonds. The van der Waals surface area contributed by atoms with Gasteiger partial charge in [0.15, 0.2) is 0 Å². The maximum atomic E-state index is 12.1. The number of hydrogen-bond donors (Lipinski definition) is 2. The zero-order valence-electron chi connectivity index (χ0n) is 12.5. The molecular weight excluding hydrogens is 318 g/mol. The van der Waals surface area contributed by atoms with Crippen LogP contribution in [0.3, 0.4) is 0 Å². The van der Waals surface area contributed by atoms with Gasteiger partial charge in [0.1, 0.15) is 11.4 Å². The lowest BCUT2D eigenvalue weighted by Crippen LogP contribution is -2.36. The van der Waals surface area contributed by atoms with Gasteiger partial charge >= 0.3 is 12.7 Å². The van der Waals surface area contributed by atoms with Gasteiger partial charge in [-0.05, 0) is 38.5 Å². The van der Waals surface area contributed by atoms with E-state index < -0.39 is 24.3 Å². The minimum atomic E-state index is -2.95. The Labute approximate surface area is 132 Å². The van der Waals surface area contributed by atoms with E-state index in [9.17, 15) is 13.6 Å². The third-order valence-corrected chi connectivity index (χ3v) is 2.76. The van der Waals surface area contributed by atoms with Gasteiger partial charge in [0, 0.05) is 12.6 Å². The highest BCUT2D eigenvalue weighted by atomic mass is 35.5. The molecule has 0 bridgehead atoms. The number of rotatable bonds is 5. The monoisotopic (exact) mass is 336 g/mol. The number of nitrogens with one attached hydrogen (secondary N) is 1. The first kappa shape index (κ1) is 18.4. The van der Waals surface area contributed by atoms with Gasteiger partial charge in [-0.1, -0.05) is 17.7 Å². The second kappa shape index (κ2) is 7.60. The van der Waals surface area contributed by atoms with Crippen LogP contribution in [0.15, 0.2) is 18.2 Å². The lowest BCUT2D eigenvalue weighted by atomic mass is 10.1. The van der Waals surface area contributed by atoms with Crippen molar-refractivity contribution < 1.29 is 23.0 Å². The number of ether oxygens (including phenoxy) is 2. The van der Waals surface area contributed by atoms with Crippen LogP contribution in [0.5, 0.6) is 5.75 Å². The number of nitrogens with two attached hydrogens (primary N) is 1. The van der Waals surface area contributed by atoms with Crippen molar-refractivity contribution >= 4 is 17.7 Å². The molecular formula is C14H19ClF2N2O3. The van der Waals surface area contributed by atoms with Crippen LogP contribution >= 0.6 is 11.6 Å². The van der Waals surface area contributed by atoms with Crippen molar-refractivity contribution in [2.75, 3.05) is 6.54 Å². The second-order valence-corrected chi connectivity index (χ2v) is 5.96. The second-order valence-electron chi connectivity index (χ2n) is 5.56. The predicted molar refractivity (Wildman–Crippen MR) is 79.2 cm³/mol. The molecule has 0 saturated heterocycles. The number of amides is 1. The molecule has 8 heteroatoms. The van der Waals surface area contributed by atoms with Gasteiger partial charge in [-0.3, -0.25) is 0 Å². The third kappa shape index (κ3) is 6.44. The highest BCUT2D eigenvalue weighted by Crippen LogP contribution is 2.28. The quantitative estimate of drug-likeness (QED) is 0.863. The highest BCUT2D eigenvalue weighted by molar-refractivity contribution is 6.32. The van der Waals surface area contributed by atoms with Crippen LogP contribution in [-0.2, 0) is 4.74 Å². The van der Waals surface area contributed by atoms with E-state index in [1.165, 1.54) is 18.2 Å². The number of halogens is 3. The Morgan fingerprint density at radius 3 is 2.55 bits per heavy atom. The van der Waals surface area contributed by atoms with E-state index in [-0.39, 0.29) is 17.3 Å². The fourth-order valence-electron chi connectivity index (χ4n) is 1.56. The van der Waals surface area contributed by atoms with Crippen LogP contribution in [0.4, 0.5) is 13.6 Å². The summed E-state index contributed by atoms with van der Waals surface area (Å²) < 4.78 is 33.6. The van der Waals surface area contributed by atoms with Crippen molar-refractivity contribution in [2.45, 2.75) is 39.0 Å². The van der Waals surface area contributed by atoms with Gasteiger partial charge in [-0.15, -0.1) is 0 Å². The molecule has 0 aliphatic carbocycles. The summed E-state index contributed by atoms with van der Waals surface area (Å²) in [6.45, 7) is 2.39.